The average molecular weight is 235 g/mol. The van der Waals surface area contributed by atoms with Gasteiger partial charge in [-0.1, -0.05) is 22.6 Å². The van der Waals surface area contributed by atoms with Crippen molar-refractivity contribution in [3.63, 3.8) is 0 Å². The average Bonchev–Trinajstić information content (AvgIpc) is 1.30. The fourth-order valence-corrected chi connectivity index (χ4v) is 2.16. The van der Waals surface area contributed by atoms with Gasteiger partial charge in [0.2, 0.25) is 10.0 Å². The first-order valence-corrected chi connectivity index (χ1v) is 4.87. The molecule has 0 aliphatic rings. The molecule has 0 saturated heterocycles. The second kappa shape index (κ2) is 2.83. The van der Waals surface area contributed by atoms with Gasteiger partial charge in [0.05, 0.1) is 5.75 Å². The fourth-order valence-electron chi connectivity index (χ4n) is 0.108. The minimum absolute atomic E-state index is 0.0769. The lowest BCUT2D eigenvalue weighted by Gasteiger charge is -1.86. The molecule has 5 heteroatoms. The number of nitrogens with two attached hydrogens (primary N) is 1. The van der Waals surface area contributed by atoms with Crippen LogP contribution in [0.15, 0.2) is 0 Å². The van der Waals surface area contributed by atoms with Gasteiger partial charge in [0.25, 0.3) is 0 Å². The van der Waals surface area contributed by atoms with Crippen LogP contribution in [0, 0.1) is 0 Å². The molecule has 3 nitrogen and oxygen atoms in total. The second-order valence-electron chi connectivity index (χ2n) is 1.06. The van der Waals surface area contributed by atoms with Crippen molar-refractivity contribution < 1.29 is 8.42 Å². The summed E-state index contributed by atoms with van der Waals surface area (Å²) in [4.78, 5) is 0. The van der Waals surface area contributed by atoms with E-state index in [-0.39, 0.29) is 5.75 Å². The number of hydrogen-bond acceptors (Lipinski definition) is 2. The van der Waals surface area contributed by atoms with Gasteiger partial charge in [-0.2, -0.15) is 0 Å². The summed E-state index contributed by atoms with van der Waals surface area (Å²) in [7, 11) is -3.18. The number of sulfonamides is 1. The Balaban J connectivity index is 3.60. The van der Waals surface area contributed by atoms with E-state index in [9.17, 15) is 8.42 Å². The van der Waals surface area contributed by atoms with Crippen LogP contribution < -0.4 is 5.14 Å². The first-order chi connectivity index (χ1) is 3.06. The molecule has 0 aromatic carbocycles. The van der Waals surface area contributed by atoms with Gasteiger partial charge in [-0.3, -0.25) is 0 Å². The van der Waals surface area contributed by atoms with Crippen molar-refractivity contribution in [2.24, 2.45) is 5.14 Å². The Morgan fingerprint density at radius 1 is 1.57 bits per heavy atom. The lowest BCUT2D eigenvalue weighted by molar-refractivity contribution is 0.599. The maximum absolute atomic E-state index is 10.0. The molecule has 44 valence electrons. The molecular weight excluding hydrogens is 229 g/mol. The molecular formula is C2H6INO2S. The molecule has 0 atom stereocenters. The van der Waals surface area contributed by atoms with Crippen LogP contribution in [0.1, 0.15) is 0 Å². The topological polar surface area (TPSA) is 60.2 Å². The Hall–Kier alpha value is 0.640. The van der Waals surface area contributed by atoms with E-state index < -0.39 is 10.0 Å². The minimum atomic E-state index is -3.18. The molecule has 0 radical (unpaired) electrons. The van der Waals surface area contributed by atoms with Gasteiger partial charge in [-0.15, -0.1) is 0 Å². The lowest BCUT2D eigenvalue weighted by Crippen LogP contribution is -2.16. The molecule has 0 unspecified atom stereocenters. The summed E-state index contributed by atoms with van der Waals surface area (Å²) in [6, 6.07) is 0. The largest absolute Gasteiger partial charge is 0.229 e. The van der Waals surface area contributed by atoms with E-state index >= 15 is 0 Å². The Bertz CT molecular complexity index is 129. The van der Waals surface area contributed by atoms with Crippen molar-refractivity contribution in [2.45, 2.75) is 0 Å². The Kier molecular flexibility index (Phi) is 3.09. The van der Waals surface area contributed by atoms with Gasteiger partial charge in [0, 0.05) is 4.43 Å². The predicted molar refractivity (Wildman–Crippen MR) is 36.9 cm³/mol. The van der Waals surface area contributed by atoms with Gasteiger partial charge in [0.1, 0.15) is 0 Å². The molecule has 0 rings (SSSR count). The van der Waals surface area contributed by atoms with Crippen molar-refractivity contribution in [3.8, 4) is 0 Å². The normalized spacial score (nSPS) is 11.7. The summed E-state index contributed by atoms with van der Waals surface area (Å²) in [5.41, 5.74) is 0. The van der Waals surface area contributed by atoms with Crippen LogP contribution in [0.4, 0.5) is 0 Å². The van der Waals surface area contributed by atoms with E-state index in [1.807, 2.05) is 22.6 Å². The van der Waals surface area contributed by atoms with Crippen LogP contribution in [-0.4, -0.2) is 18.6 Å². The summed E-state index contributed by atoms with van der Waals surface area (Å²) >= 11 is 1.95. The zero-order chi connectivity index (χ0) is 5.91. The van der Waals surface area contributed by atoms with Gasteiger partial charge in [0.15, 0.2) is 0 Å². The Morgan fingerprint density at radius 2 is 2.00 bits per heavy atom. The van der Waals surface area contributed by atoms with Gasteiger partial charge < -0.3 is 0 Å². The Labute approximate surface area is 56.5 Å². The van der Waals surface area contributed by atoms with Crippen LogP contribution >= 0.6 is 22.6 Å². The zero-order valence-corrected chi connectivity index (χ0v) is 6.57. The van der Waals surface area contributed by atoms with Crippen molar-refractivity contribution >= 4 is 32.6 Å². The molecule has 0 aromatic heterocycles. The standard InChI is InChI=1S/C2H6INO2S/c3-1-2-7(4,5)6/h1-2H2,(H2,4,5,6). The molecule has 0 heterocycles. The van der Waals surface area contributed by atoms with E-state index in [0.29, 0.717) is 4.43 Å². The number of rotatable bonds is 2. The SMILES string of the molecule is NS(=O)(=O)CCI. The van der Waals surface area contributed by atoms with Gasteiger partial charge in [-0.25, -0.2) is 13.6 Å². The smallest absolute Gasteiger partial charge is 0.209 e. The number of alkyl halides is 1. The van der Waals surface area contributed by atoms with E-state index in [2.05, 4.69) is 5.14 Å². The highest BCUT2D eigenvalue weighted by atomic mass is 127. The highest BCUT2D eigenvalue weighted by molar-refractivity contribution is 14.1. The highest BCUT2D eigenvalue weighted by Crippen LogP contribution is 1.83. The van der Waals surface area contributed by atoms with Crippen LogP contribution in [0.3, 0.4) is 0 Å². The van der Waals surface area contributed by atoms with Crippen LogP contribution in [0.25, 0.3) is 0 Å². The molecule has 0 spiro atoms. The molecule has 7 heavy (non-hydrogen) atoms. The molecule has 2 N–H and O–H groups in total. The number of halogens is 1. The fraction of sp³-hybridized carbons (Fsp3) is 1.00. The summed E-state index contributed by atoms with van der Waals surface area (Å²) in [6.07, 6.45) is 0. The summed E-state index contributed by atoms with van der Waals surface area (Å²) in [5.74, 6) is 0.0769. The van der Waals surface area contributed by atoms with E-state index in [0.717, 1.165) is 0 Å². The third-order valence-electron chi connectivity index (χ3n) is 0.362. The molecule has 0 saturated carbocycles. The predicted octanol–water partition coefficient (Wildman–Crippen LogP) is -0.290. The molecule has 0 aromatic rings. The molecule has 0 fully saturated rings. The van der Waals surface area contributed by atoms with Crippen molar-refractivity contribution in [1.82, 2.24) is 0 Å². The zero-order valence-electron chi connectivity index (χ0n) is 3.59. The molecule has 0 bridgehead atoms. The first kappa shape index (κ1) is 7.64. The van der Waals surface area contributed by atoms with E-state index in [4.69, 9.17) is 0 Å². The summed E-state index contributed by atoms with van der Waals surface area (Å²) < 4.78 is 20.6. The van der Waals surface area contributed by atoms with Crippen molar-refractivity contribution in [1.29, 1.82) is 0 Å². The van der Waals surface area contributed by atoms with Crippen LogP contribution in [0.2, 0.25) is 0 Å². The van der Waals surface area contributed by atoms with E-state index in [1.54, 1.807) is 0 Å². The van der Waals surface area contributed by atoms with Crippen LogP contribution in [-0.2, 0) is 10.0 Å². The van der Waals surface area contributed by atoms with Gasteiger partial charge >= 0.3 is 0 Å². The van der Waals surface area contributed by atoms with Gasteiger partial charge in [-0.05, 0) is 0 Å². The lowest BCUT2D eigenvalue weighted by atomic mass is 11.0. The summed E-state index contributed by atoms with van der Waals surface area (Å²) in [6.45, 7) is 0. The number of hydrogen-bond donors (Lipinski definition) is 1. The second-order valence-corrected chi connectivity index (χ2v) is 3.87. The number of primary sulfonamides is 1. The third kappa shape index (κ3) is 6.64. The van der Waals surface area contributed by atoms with Crippen molar-refractivity contribution in [2.75, 3.05) is 10.2 Å². The molecule has 0 aliphatic heterocycles. The highest BCUT2D eigenvalue weighted by Gasteiger charge is 1.96. The van der Waals surface area contributed by atoms with E-state index in [1.165, 1.54) is 0 Å². The quantitative estimate of drug-likeness (QED) is 0.528. The first-order valence-electron chi connectivity index (χ1n) is 1.62. The minimum Gasteiger partial charge on any atom is -0.229 e. The molecule has 0 amide bonds. The van der Waals surface area contributed by atoms with Crippen molar-refractivity contribution in [3.05, 3.63) is 0 Å². The third-order valence-corrected chi connectivity index (χ3v) is 2.41. The maximum Gasteiger partial charge on any atom is 0.209 e. The maximum atomic E-state index is 10.0. The monoisotopic (exact) mass is 235 g/mol. The van der Waals surface area contributed by atoms with Crippen LogP contribution in [0.5, 0.6) is 0 Å². The summed E-state index contributed by atoms with van der Waals surface area (Å²) in [5, 5.41) is 4.61. The Morgan fingerprint density at radius 3 is 2.00 bits per heavy atom. The molecule has 0 aliphatic carbocycles.